The molecular formula is C40H79N2+. The van der Waals surface area contributed by atoms with E-state index in [1.54, 1.807) is 5.82 Å². The van der Waals surface area contributed by atoms with Crippen LogP contribution >= 0.6 is 0 Å². The molecule has 248 valence electrons. The second kappa shape index (κ2) is 31.6. The molecule has 0 spiro atoms. The number of rotatable bonds is 34. The molecule has 0 aliphatic rings. The monoisotopic (exact) mass is 588 g/mol. The molecule has 0 amide bonds. The number of imidazole rings is 1. The second-order valence-electron chi connectivity index (χ2n) is 13.8. The van der Waals surface area contributed by atoms with Gasteiger partial charge >= 0.3 is 0 Å². The highest BCUT2D eigenvalue weighted by molar-refractivity contribution is 4.84. The van der Waals surface area contributed by atoms with Crippen molar-refractivity contribution in [2.45, 2.75) is 239 Å². The van der Waals surface area contributed by atoms with E-state index in [-0.39, 0.29) is 0 Å². The summed E-state index contributed by atoms with van der Waals surface area (Å²) in [5.41, 5.74) is 0. The molecule has 0 aliphatic heterocycles. The van der Waals surface area contributed by atoms with E-state index >= 15 is 0 Å². The first-order valence-corrected chi connectivity index (χ1v) is 19.9. The lowest BCUT2D eigenvalue weighted by Gasteiger charge is -2.07. The summed E-state index contributed by atoms with van der Waals surface area (Å²) >= 11 is 0. The van der Waals surface area contributed by atoms with Crippen molar-refractivity contribution in [3.63, 3.8) is 0 Å². The van der Waals surface area contributed by atoms with Gasteiger partial charge in [0, 0.05) is 6.42 Å². The molecule has 42 heavy (non-hydrogen) atoms. The Kier molecular flexibility index (Phi) is 29.5. The minimum absolute atomic E-state index is 1.22. The minimum Gasteiger partial charge on any atom is -0.234 e. The maximum Gasteiger partial charge on any atom is 0.256 e. The molecule has 0 aliphatic carbocycles. The van der Waals surface area contributed by atoms with Gasteiger partial charge in [0.25, 0.3) is 5.82 Å². The average molecular weight is 588 g/mol. The van der Waals surface area contributed by atoms with Crippen molar-refractivity contribution in [2.24, 2.45) is 0 Å². The highest BCUT2D eigenvalue weighted by Gasteiger charge is 2.16. The van der Waals surface area contributed by atoms with Gasteiger partial charge in [-0.2, -0.15) is 0 Å². The quantitative estimate of drug-likeness (QED) is 0.0560. The van der Waals surface area contributed by atoms with Crippen molar-refractivity contribution in [3.8, 4) is 0 Å². The average Bonchev–Trinajstić information content (AvgIpc) is 3.38. The topological polar surface area (TPSA) is 8.81 Å². The van der Waals surface area contributed by atoms with Gasteiger partial charge in [0.2, 0.25) is 0 Å². The fourth-order valence-corrected chi connectivity index (χ4v) is 6.68. The first kappa shape index (κ1) is 39.2. The fraction of sp³-hybridized carbons (Fsp3) is 0.925. The molecule has 0 unspecified atom stereocenters. The van der Waals surface area contributed by atoms with Crippen LogP contribution in [0, 0.1) is 0 Å². The zero-order valence-electron chi connectivity index (χ0n) is 29.6. The summed E-state index contributed by atoms with van der Waals surface area (Å²) in [6.07, 6.45) is 50.5. The predicted molar refractivity (Wildman–Crippen MR) is 188 cm³/mol. The zero-order chi connectivity index (χ0) is 30.2. The van der Waals surface area contributed by atoms with Crippen LogP contribution < -0.4 is 4.57 Å². The molecule has 0 aromatic carbocycles. The largest absolute Gasteiger partial charge is 0.256 e. The number of nitrogens with zero attached hydrogens (tertiary/aromatic N) is 2. The third-order valence-electron chi connectivity index (χ3n) is 9.60. The van der Waals surface area contributed by atoms with Crippen molar-refractivity contribution in [1.29, 1.82) is 0 Å². The van der Waals surface area contributed by atoms with E-state index in [9.17, 15) is 0 Å². The lowest BCUT2D eigenvalue weighted by Crippen LogP contribution is -2.37. The van der Waals surface area contributed by atoms with Crippen molar-refractivity contribution in [1.82, 2.24) is 4.57 Å². The van der Waals surface area contributed by atoms with Gasteiger partial charge in [-0.15, -0.1) is 0 Å². The molecule has 0 N–H and O–H groups in total. The summed E-state index contributed by atoms with van der Waals surface area (Å²) in [6, 6.07) is 0. The predicted octanol–water partition coefficient (Wildman–Crippen LogP) is 13.5. The number of hydrogen-bond donors (Lipinski definition) is 0. The summed E-state index contributed by atoms with van der Waals surface area (Å²) in [4.78, 5) is 0. The zero-order valence-corrected chi connectivity index (χ0v) is 29.6. The number of unbranched alkanes of at least 4 members (excludes halogenated alkanes) is 28. The SMILES string of the molecule is CCCCCCCCCCCCCCCCCCc1n(CCCCCCCCCCCCCC)cc[n+]1CCCCC. The molecule has 1 aromatic heterocycles. The Hall–Kier alpha value is -0.790. The van der Waals surface area contributed by atoms with Crippen molar-refractivity contribution >= 4 is 0 Å². The molecule has 0 radical (unpaired) electrons. The van der Waals surface area contributed by atoms with Gasteiger partial charge in [-0.1, -0.05) is 188 Å². The molecule has 0 saturated carbocycles. The molecular weight excluding hydrogens is 508 g/mol. The van der Waals surface area contributed by atoms with E-state index < -0.39 is 0 Å². The summed E-state index contributed by atoms with van der Waals surface area (Å²) in [5.74, 6) is 1.61. The van der Waals surface area contributed by atoms with Gasteiger partial charge in [0.1, 0.15) is 12.4 Å². The van der Waals surface area contributed by atoms with Gasteiger partial charge < -0.3 is 0 Å². The van der Waals surface area contributed by atoms with Crippen LogP contribution in [0.15, 0.2) is 12.4 Å². The van der Waals surface area contributed by atoms with Crippen molar-refractivity contribution in [2.75, 3.05) is 0 Å². The number of aryl methyl sites for hydroxylation is 2. The molecule has 0 fully saturated rings. The minimum atomic E-state index is 1.22. The summed E-state index contributed by atoms with van der Waals surface area (Å²) in [7, 11) is 0. The highest BCUT2D eigenvalue weighted by Crippen LogP contribution is 2.16. The molecule has 0 saturated heterocycles. The van der Waals surface area contributed by atoms with Crippen molar-refractivity contribution in [3.05, 3.63) is 18.2 Å². The van der Waals surface area contributed by atoms with Gasteiger partial charge in [0.15, 0.2) is 0 Å². The molecule has 2 nitrogen and oxygen atoms in total. The van der Waals surface area contributed by atoms with E-state index in [1.165, 1.54) is 219 Å². The molecule has 2 heteroatoms. The molecule has 1 heterocycles. The fourth-order valence-electron chi connectivity index (χ4n) is 6.68. The van der Waals surface area contributed by atoms with E-state index in [4.69, 9.17) is 0 Å². The van der Waals surface area contributed by atoms with Crippen LogP contribution in [0.5, 0.6) is 0 Å². The standard InChI is InChI=1S/C40H79N2/c1-4-7-10-12-14-16-18-20-21-22-23-24-26-28-30-32-35-40-41(36-33-9-6-3)38-39-42(40)37-34-31-29-27-25-19-17-15-13-11-8-5-2/h38-39H,4-37H2,1-3H3/q+1. The Bertz CT molecular complexity index is 648. The Morgan fingerprint density at radius 2 is 0.738 bits per heavy atom. The van der Waals surface area contributed by atoms with Crippen LogP contribution in [0.2, 0.25) is 0 Å². The van der Waals surface area contributed by atoms with E-state index in [2.05, 4.69) is 42.3 Å². The van der Waals surface area contributed by atoms with Crippen LogP contribution in [-0.4, -0.2) is 4.57 Å². The summed E-state index contributed by atoms with van der Waals surface area (Å²) < 4.78 is 5.22. The van der Waals surface area contributed by atoms with Crippen LogP contribution in [-0.2, 0) is 19.5 Å². The van der Waals surface area contributed by atoms with Gasteiger partial charge in [-0.3, -0.25) is 0 Å². The number of aromatic nitrogens is 2. The van der Waals surface area contributed by atoms with Crippen LogP contribution in [0.3, 0.4) is 0 Å². The summed E-state index contributed by atoms with van der Waals surface area (Å²) in [6.45, 7) is 9.38. The molecule has 1 aromatic rings. The van der Waals surface area contributed by atoms with Crippen LogP contribution in [0.25, 0.3) is 0 Å². The molecule has 0 atom stereocenters. The lowest BCUT2D eigenvalue weighted by atomic mass is 10.0. The maximum atomic E-state index is 2.62. The van der Waals surface area contributed by atoms with E-state index in [0.29, 0.717) is 0 Å². The Morgan fingerprint density at radius 1 is 0.405 bits per heavy atom. The third-order valence-corrected chi connectivity index (χ3v) is 9.60. The second-order valence-corrected chi connectivity index (χ2v) is 13.8. The summed E-state index contributed by atoms with van der Waals surface area (Å²) in [5, 5.41) is 0. The van der Waals surface area contributed by atoms with Crippen LogP contribution in [0.4, 0.5) is 0 Å². The Labute approximate surface area is 266 Å². The molecule has 0 bridgehead atoms. The van der Waals surface area contributed by atoms with Gasteiger partial charge in [-0.05, 0) is 32.1 Å². The van der Waals surface area contributed by atoms with E-state index in [0.717, 1.165) is 0 Å². The number of hydrogen-bond acceptors (Lipinski definition) is 0. The van der Waals surface area contributed by atoms with Crippen molar-refractivity contribution < 1.29 is 4.57 Å². The normalized spacial score (nSPS) is 11.6. The Morgan fingerprint density at radius 3 is 1.14 bits per heavy atom. The Balaban J connectivity index is 2.12. The van der Waals surface area contributed by atoms with Gasteiger partial charge in [-0.25, -0.2) is 9.13 Å². The maximum absolute atomic E-state index is 2.62. The first-order chi connectivity index (χ1) is 20.8. The highest BCUT2D eigenvalue weighted by atomic mass is 15.1. The van der Waals surface area contributed by atoms with Gasteiger partial charge in [0.05, 0.1) is 13.1 Å². The smallest absolute Gasteiger partial charge is 0.234 e. The van der Waals surface area contributed by atoms with Crippen LogP contribution in [0.1, 0.15) is 226 Å². The first-order valence-electron chi connectivity index (χ1n) is 19.9. The lowest BCUT2D eigenvalue weighted by molar-refractivity contribution is -0.704. The van der Waals surface area contributed by atoms with E-state index in [1.807, 2.05) is 0 Å². The molecule has 1 rings (SSSR count). The third kappa shape index (κ3) is 23.6.